The molecule has 0 amide bonds. The van der Waals surface area contributed by atoms with Gasteiger partial charge in [0, 0.05) is 28.2 Å². The molecule has 25 heavy (non-hydrogen) atoms. The number of Topliss-reactive ketones (excluding diaryl/α,β-unsaturated/α-hetero) is 1. The van der Waals surface area contributed by atoms with E-state index < -0.39 is 17.2 Å². The number of hydrogen-bond acceptors (Lipinski definition) is 5. The van der Waals surface area contributed by atoms with Gasteiger partial charge in [0.15, 0.2) is 0 Å². The Morgan fingerprint density at radius 3 is 2.72 bits per heavy atom. The van der Waals surface area contributed by atoms with E-state index in [1.54, 1.807) is 30.3 Å². The van der Waals surface area contributed by atoms with E-state index in [2.05, 4.69) is 0 Å². The van der Waals surface area contributed by atoms with Crippen molar-refractivity contribution in [2.24, 2.45) is 0 Å². The molecule has 3 atom stereocenters. The molecule has 1 heterocycles. The summed E-state index contributed by atoms with van der Waals surface area (Å²) in [4.78, 5) is 24.5. The Morgan fingerprint density at radius 1 is 1.12 bits per heavy atom. The van der Waals surface area contributed by atoms with Crippen LogP contribution in [0.5, 0.6) is 5.75 Å². The first-order chi connectivity index (χ1) is 12.0. The van der Waals surface area contributed by atoms with E-state index in [0.717, 1.165) is 24.7 Å². The second-order valence-electron chi connectivity index (χ2n) is 6.98. The van der Waals surface area contributed by atoms with Crippen molar-refractivity contribution >= 4 is 12.1 Å². The van der Waals surface area contributed by atoms with Crippen LogP contribution in [0.15, 0.2) is 36.4 Å². The van der Waals surface area contributed by atoms with Gasteiger partial charge in [-0.25, -0.2) is 0 Å². The van der Waals surface area contributed by atoms with Crippen LogP contribution in [0, 0.1) is 0 Å². The molecule has 3 unspecified atom stereocenters. The summed E-state index contributed by atoms with van der Waals surface area (Å²) in [5.41, 5.74) is 0.221. The Kier molecular flexibility index (Phi) is 2.70. The largest absolute Gasteiger partial charge is 0.453 e. The summed E-state index contributed by atoms with van der Waals surface area (Å²) in [7, 11) is 0. The maximum absolute atomic E-state index is 12.9. The van der Waals surface area contributed by atoms with Crippen LogP contribution in [-0.2, 0) is 22.6 Å². The fourth-order valence-corrected chi connectivity index (χ4v) is 4.55. The second-order valence-corrected chi connectivity index (χ2v) is 6.98. The first-order valence-corrected chi connectivity index (χ1v) is 8.42. The minimum atomic E-state index is -2.19. The van der Waals surface area contributed by atoms with Gasteiger partial charge in [-0.2, -0.15) is 0 Å². The molecule has 0 bridgehead atoms. The summed E-state index contributed by atoms with van der Waals surface area (Å²) in [5, 5.41) is 22.5. The summed E-state index contributed by atoms with van der Waals surface area (Å²) in [5.74, 6) is -2.82. The van der Waals surface area contributed by atoms with Gasteiger partial charge in [-0.05, 0) is 24.8 Å². The van der Waals surface area contributed by atoms with Crippen LogP contribution >= 0.6 is 0 Å². The van der Waals surface area contributed by atoms with Crippen molar-refractivity contribution in [1.82, 2.24) is 0 Å². The SMILES string of the molecule is O=CC1CCCc2ccc3c(c21)OC1(O)c2ccccc2C(=O)C31O. The number of aliphatic hydroxyl groups is 2. The molecule has 5 rings (SSSR count). The zero-order valence-electron chi connectivity index (χ0n) is 13.4. The van der Waals surface area contributed by atoms with E-state index in [-0.39, 0.29) is 28.4 Å². The van der Waals surface area contributed by atoms with Crippen molar-refractivity contribution in [3.8, 4) is 5.75 Å². The number of aldehydes is 1. The summed E-state index contributed by atoms with van der Waals surface area (Å²) >= 11 is 0. The van der Waals surface area contributed by atoms with Gasteiger partial charge in [-0.15, -0.1) is 0 Å². The smallest absolute Gasteiger partial charge is 0.276 e. The van der Waals surface area contributed by atoms with Crippen LogP contribution in [0.1, 0.15) is 51.4 Å². The third kappa shape index (κ3) is 1.51. The fraction of sp³-hybridized carbons (Fsp3) is 0.300. The maximum atomic E-state index is 12.9. The highest BCUT2D eigenvalue weighted by Gasteiger charge is 2.70. The van der Waals surface area contributed by atoms with E-state index in [1.165, 1.54) is 0 Å². The molecular weight excluding hydrogens is 320 g/mol. The van der Waals surface area contributed by atoms with Crippen molar-refractivity contribution in [3.05, 3.63) is 64.2 Å². The molecule has 0 spiro atoms. The average Bonchev–Trinajstić information content (AvgIpc) is 2.98. The Morgan fingerprint density at radius 2 is 1.92 bits per heavy atom. The first kappa shape index (κ1) is 14.8. The molecule has 0 saturated carbocycles. The van der Waals surface area contributed by atoms with Crippen molar-refractivity contribution in [2.45, 2.75) is 36.6 Å². The Hall–Kier alpha value is -2.50. The molecule has 5 heteroatoms. The number of rotatable bonds is 1. The molecule has 2 aliphatic carbocycles. The minimum absolute atomic E-state index is 0.240. The number of ether oxygens (including phenoxy) is 1. The van der Waals surface area contributed by atoms with Crippen LogP contribution in [0.3, 0.4) is 0 Å². The van der Waals surface area contributed by atoms with E-state index in [1.807, 2.05) is 6.07 Å². The normalized spacial score (nSPS) is 31.6. The highest BCUT2D eigenvalue weighted by atomic mass is 16.7. The average molecular weight is 336 g/mol. The van der Waals surface area contributed by atoms with Gasteiger partial charge in [-0.3, -0.25) is 4.79 Å². The topological polar surface area (TPSA) is 83.8 Å². The predicted octanol–water partition coefficient (Wildman–Crippen LogP) is 1.93. The first-order valence-electron chi connectivity index (χ1n) is 8.42. The van der Waals surface area contributed by atoms with Crippen LogP contribution in [0.4, 0.5) is 0 Å². The van der Waals surface area contributed by atoms with Gasteiger partial charge < -0.3 is 19.7 Å². The molecule has 2 aromatic carbocycles. The number of carbonyl (C=O) groups is 2. The molecule has 3 aliphatic rings. The van der Waals surface area contributed by atoms with Crippen LogP contribution in [-0.4, -0.2) is 22.3 Å². The number of hydrogen-bond donors (Lipinski definition) is 2. The van der Waals surface area contributed by atoms with Gasteiger partial charge in [-0.1, -0.05) is 36.4 Å². The summed E-state index contributed by atoms with van der Waals surface area (Å²) in [6, 6.07) is 9.99. The van der Waals surface area contributed by atoms with Gasteiger partial charge in [0.1, 0.15) is 12.0 Å². The van der Waals surface area contributed by atoms with E-state index >= 15 is 0 Å². The number of carbonyl (C=O) groups excluding carboxylic acids is 2. The molecule has 2 aromatic rings. The molecule has 0 radical (unpaired) electrons. The lowest BCUT2D eigenvalue weighted by Crippen LogP contribution is -2.48. The van der Waals surface area contributed by atoms with Gasteiger partial charge in [0.05, 0.1) is 0 Å². The van der Waals surface area contributed by atoms with Gasteiger partial charge >= 0.3 is 0 Å². The predicted molar refractivity (Wildman–Crippen MR) is 87.4 cm³/mol. The molecule has 0 saturated heterocycles. The zero-order chi connectivity index (χ0) is 17.4. The van der Waals surface area contributed by atoms with Crippen LogP contribution < -0.4 is 4.74 Å². The Bertz CT molecular complexity index is 949. The number of fused-ring (bicyclic) bond motifs is 7. The molecule has 0 aromatic heterocycles. The van der Waals surface area contributed by atoms with Gasteiger partial charge in [0.25, 0.3) is 5.79 Å². The van der Waals surface area contributed by atoms with Gasteiger partial charge in [0.2, 0.25) is 11.4 Å². The highest BCUT2D eigenvalue weighted by molar-refractivity contribution is 6.09. The summed E-state index contributed by atoms with van der Waals surface area (Å²) < 4.78 is 5.87. The number of benzene rings is 2. The third-order valence-electron chi connectivity index (χ3n) is 5.78. The van der Waals surface area contributed by atoms with E-state index in [9.17, 15) is 19.8 Å². The quantitative estimate of drug-likeness (QED) is 0.778. The molecule has 2 N–H and O–H groups in total. The monoisotopic (exact) mass is 336 g/mol. The number of aryl methyl sites for hydroxylation is 1. The Labute approximate surface area is 143 Å². The second kappa shape index (κ2) is 4.56. The molecular formula is C20H16O5. The molecule has 1 aliphatic heterocycles. The lowest BCUT2D eigenvalue weighted by molar-refractivity contribution is -0.224. The maximum Gasteiger partial charge on any atom is 0.276 e. The van der Waals surface area contributed by atoms with Crippen LogP contribution in [0.2, 0.25) is 0 Å². The van der Waals surface area contributed by atoms with E-state index in [4.69, 9.17) is 4.74 Å². The molecule has 126 valence electrons. The standard InChI is InChI=1S/C20H16O5/c21-10-12-5-3-4-11-8-9-15-17(16(11)12)25-20(24)14-7-2-1-6-13(14)18(22)19(15,20)23/h1-2,6-10,12,23-24H,3-5H2. The van der Waals surface area contributed by atoms with Crippen molar-refractivity contribution in [2.75, 3.05) is 0 Å². The minimum Gasteiger partial charge on any atom is -0.453 e. The summed E-state index contributed by atoms with van der Waals surface area (Å²) in [6.45, 7) is 0. The third-order valence-corrected chi connectivity index (χ3v) is 5.78. The van der Waals surface area contributed by atoms with Crippen molar-refractivity contribution in [1.29, 1.82) is 0 Å². The van der Waals surface area contributed by atoms with E-state index in [0.29, 0.717) is 12.0 Å². The Balaban J connectivity index is 1.80. The lowest BCUT2D eigenvalue weighted by Gasteiger charge is -2.28. The summed E-state index contributed by atoms with van der Waals surface area (Å²) in [6.07, 6.45) is 3.26. The van der Waals surface area contributed by atoms with Crippen molar-refractivity contribution in [3.63, 3.8) is 0 Å². The zero-order valence-corrected chi connectivity index (χ0v) is 13.4. The fourth-order valence-electron chi connectivity index (χ4n) is 4.55. The molecule has 0 fully saturated rings. The highest BCUT2D eigenvalue weighted by Crippen LogP contribution is 2.60. The lowest BCUT2D eigenvalue weighted by atomic mass is 9.79. The molecule has 5 nitrogen and oxygen atoms in total. The number of ketones is 1. The van der Waals surface area contributed by atoms with Crippen LogP contribution in [0.25, 0.3) is 0 Å². The van der Waals surface area contributed by atoms with Crippen molar-refractivity contribution < 1.29 is 24.5 Å².